The molecule has 3 nitrogen and oxygen atoms in total. The molecule has 4 heteroatoms. The highest BCUT2D eigenvalue weighted by Gasteiger charge is 2.17. The zero-order valence-electron chi connectivity index (χ0n) is 10.4. The van der Waals surface area contributed by atoms with Crippen molar-refractivity contribution in [3.63, 3.8) is 0 Å². The van der Waals surface area contributed by atoms with Gasteiger partial charge in [-0.2, -0.15) is 0 Å². The lowest BCUT2D eigenvalue weighted by Gasteiger charge is -2.14. The van der Waals surface area contributed by atoms with E-state index in [4.69, 9.17) is 5.73 Å². The number of nitrogens with two attached hydrogens (primary N) is 1. The van der Waals surface area contributed by atoms with Crippen LogP contribution in [-0.2, 0) is 6.42 Å². The first-order valence-electron chi connectivity index (χ1n) is 5.77. The molecule has 0 fully saturated rings. The van der Waals surface area contributed by atoms with E-state index in [9.17, 15) is 0 Å². The average molecular weight is 247 g/mol. The van der Waals surface area contributed by atoms with Crippen LogP contribution in [0.15, 0.2) is 18.2 Å². The Morgan fingerprint density at radius 2 is 2.12 bits per heavy atom. The van der Waals surface area contributed by atoms with E-state index >= 15 is 0 Å². The van der Waals surface area contributed by atoms with Gasteiger partial charge in [-0.1, -0.05) is 35.2 Å². The Morgan fingerprint density at radius 3 is 2.76 bits per heavy atom. The summed E-state index contributed by atoms with van der Waals surface area (Å²) in [6, 6.07) is 6.26. The second kappa shape index (κ2) is 4.94. The second-order valence-electron chi connectivity index (χ2n) is 4.28. The Hall–Kier alpha value is -1.26. The van der Waals surface area contributed by atoms with E-state index in [0.29, 0.717) is 0 Å². The van der Waals surface area contributed by atoms with Gasteiger partial charge in [0.15, 0.2) is 0 Å². The number of rotatable bonds is 3. The number of nitrogens with zero attached hydrogens (tertiary/aromatic N) is 2. The standard InChI is InChI=1S/C13H17N3S/c1-4-11-13(17-16-15-11)12(14)10-6-5-8(2)7-9(10)3/h5-7,12H,4,14H2,1-3H3. The Morgan fingerprint density at radius 1 is 1.35 bits per heavy atom. The van der Waals surface area contributed by atoms with Crippen LogP contribution in [0.2, 0.25) is 0 Å². The van der Waals surface area contributed by atoms with Gasteiger partial charge < -0.3 is 5.73 Å². The summed E-state index contributed by atoms with van der Waals surface area (Å²) in [6.45, 7) is 6.27. The van der Waals surface area contributed by atoms with E-state index in [1.54, 1.807) is 0 Å². The number of aryl methyl sites for hydroxylation is 3. The molecule has 1 aromatic heterocycles. The van der Waals surface area contributed by atoms with E-state index in [1.807, 2.05) is 0 Å². The molecule has 17 heavy (non-hydrogen) atoms. The van der Waals surface area contributed by atoms with Crippen LogP contribution in [0.25, 0.3) is 0 Å². The highest BCUT2D eigenvalue weighted by atomic mass is 32.1. The fourth-order valence-corrected chi connectivity index (χ4v) is 2.77. The van der Waals surface area contributed by atoms with Crippen molar-refractivity contribution in [2.24, 2.45) is 5.73 Å². The van der Waals surface area contributed by atoms with E-state index in [1.165, 1.54) is 22.7 Å². The van der Waals surface area contributed by atoms with Crippen LogP contribution >= 0.6 is 11.5 Å². The predicted molar refractivity (Wildman–Crippen MR) is 71.2 cm³/mol. The van der Waals surface area contributed by atoms with E-state index < -0.39 is 0 Å². The third-order valence-corrected chi connectivity index (χ3v) is 3.81. The summed E-state index contributed by atoms with van der Waals surface area (Å²) in [5, 5.41) is 4.12. The van der Waals surface area contributed by atoms with Crippen molar-refractivity contribution in [3.8, 4) is 0 Å². The van der Waals surface area contributed by atoms with Crippen LogP contribution in [-0.4, -0.2) is 9.59 Å². The van der Waals surface area contributed by atoms with Crippen molar-refractivity contribution in [1.82, 2.24) is 9.59 Å². The molecule has 1 unspecified atom stereocenters. The lowest BCUT2D eigenvalue weighted by molar-refractivity contribution is 0.845. The van der Waals surface area contributed by atoms with Crippen molar-refractivity contribution in [2.45, 2.75) is 33.2 Å². The largest absolute Gasteiger partial charge is 0.319 e. The van der Waals surface area contributed by atoms with Crippen LogP contribution in [0.4, 0.5) is 0 Å². The monoisotopic (exact) mass is 247 g/mol. The van der Waals surface area contributed by atoms with Gasteiger partial charge in [0, 0.05) is 0 Å². The van der Waals surface area contributed by atoms with Crippen molar-refractivity contribution < 1.29 is 0 Å². The summed E-state index contributed by atoms with van der Waals surface area (Å²) in [6.07, 6.45) is 0.879. The molecule has 2 aromatic rings. The lowest BCUT2D eigenvalue weighted by Crippen LogP contribution is -2.13. The van der Waals surface area contributed by atoms with Gasteiger partial charge in [0.25, 0.3) is 0 Å². The van der Waals surface area contributed by atoms with Crippen molar-refractivity contribution >= 4 is 11.5 Å². The van der Waals surface area contributed by atoms with Crippen LogP contribution in [0.1, 0.15) is 40.2 Å². The molecule has 90 valence electrons. The average Bonchev–Trinajstić information content (AvgIpc) is 2.76. The minimum Gasteiger partial charge on any atom is -0.319 e. The first-order valence-corrected chi connectivity index (χ1v) is 6.54. The van der Waals surface area contributed by atoms with Crippen LogP contribution in [0.5, 0.6) is 0 Å². The number of aromatic nitrogens is 2. The number of hydrogen-bond donors (Lipinski definition) is 1. The van der Waals surface area contributed by atoms with Gasteiger partial charge in [-0.3, -0.25) is 0 Å². The fourth-order valence-electron chi connectivity index (χ4n) is 2.01. The molecule has 0 aliphatic carbocycles. The highest BCUT2D eigenvalue weighted by Crippen LogP contribution is 2.27. The Labute approximate surface area is 106 Å². The molecule has 0 radical (unpaired) electrons. The molecule has 0 bridgehead atoms. The van der Waals surface area contributed by atoms with Gasteiger partial charge in [0.1, 0.15) is 0 Å². The predicted octanol–water partition coefficient (Wildman–Crippen LogP) is 2.77. The minimum absolute atomic E-state index is 0.106. The second-order valence-corrected chi connectivity index (χ2v) is 5.06. The fraction of sp³-hybridized carbons (Fsp3) is 0.385. The molecule has 1 aromatic carbocycles. The lowest BCUT2D eigenvalue weighted by atomic mass is 9.98. The maximum absolute atomic E-state index is 6.32. The molecule has 0 spiro atoms. The van der Waals surface area contributed by atoms with Crippen molar-refractivity contribution in [1.29, 1.82) is 0 Å². The zero-order chi connectivity index (χ0) is 12.4. The van der Waals surface area contributed by atoms with E-state index in [-0.39, 0.29) is 6.04 Å². The molecule has 0 saturated heterocycles. The van der Waals surface area contributed by atoms with Gasteiger partial charge >= 0.3 is 0 Å². The molecule has 0 aliphatic heterocycles. The minimum atomic E-state index is -0.106. The van der Waals surface area contributed by atoms with Gasteiger partial charge in [-0.05, 0) is 42.9 Å². The Kier molecular flexibility index (Phi) is 3.54. The van der Waals surface area contributed by atoms with Gasteiger partial charge in [0.05, 0.1) is 16.6 Å². The first-order chi connectivity index (χ1) is 8.13. The molecule has 0 aliphatic rings. The molecular formula is C13H17N3S. The summed E-state index contributed by atoms with van der Waals surface area (Å²) < 4.78 is 4.00. The SMILES string of the molecule is CCc1nnsc1C(N)c1ccc(C)cc1C. The summed E-state index contributed by atoms with van der Waals surface area (Å²) in [4.78, 5) is 1.08. The smallest absolute Gasteiger partial charge is 0.0804 e. The summed E-state index contributed by atoms with van der Waals surface area (Å²) in [5.41, 5.74) is 11.0. The van der Waals surface area contributed by atoms with Gasteiger partial charge in [-0.15, -0.1) is 5.10 Å². The van der Waals surface area contributed by atoms with Gasteiger partial charge in [0.2, 0.25) is 0 Å². The van der Waals surface area contributed by atoms with Crippen LogP contribution in [0.3, 0.4) is 0 Å². The third kappa shape index (κ3) is 2.37. The molecule has 0 amide bonds. The third-order valence-electron chi connectivity index (χ3n) is 2.96. The molecular weight excluding hydrogens is 230 g/mol. The van der Waals surface area contributed by atoms with E-state index in [0.717, 1.165) is 22.6 Å². The Balaban J connectivity index is 2.40. The summed E-state index contributed by atoms with van der Waals surface area (Å²) >= 11 is 1.40. The number of hydrogen-bond acceptors (Lipinski definition) is 4. The van der Waals surface area contributed by atoms with Crippen molar-refractivity contribution in [3.05, 3.63) is 45.5 Å². The topological polar surface area (TPSA) is 51.8 Å². The number of benzene rings is 1. The summed E-state index contributed by atoms with van der Waals surface area (Å²) in [5.74, 6) is 0. The quantitative estimate of drug-likeness (QED) is 0.907. The van der Waals surface area contributed by atoms with E-state index in [2.05, 4.69) is 48.6 Å². The van der Waals surface area contributed by atoms with Crippen molar-refractivity contribution in [2.75, 3.05) is 0 Å². The molecule has 1 atom stereocenters. The first kappa shape index (κ1) is 12.2. The zero-order valence-corrected chi connectivity index (χ0v) is 11.2. The normalized spacial score (nSPS) is 12.7. The maximum atomic E-state index is 6.32. The summed E-state index contributed by atoms with van der Waals surface area (Å²) in [7, 11) is 0. The van der Waals surface area contributed by atoms with Crippen LogP contribution < -0.4 is 5.73 Å². The maximum Gasteiger partial charge on any atom is 0.0804 e. The molecule has 2 rings (SSSR count). The molecule has 2 N–H and O–H groups in total. The molecule has 0 saturated carbocycles. The Bertz CT molecular complexity index is 519. The molecule has 1 heterocycles. The van der Waals surface area contributed by atoms with Crippen LogP contribution in [0, 0.1) is 13.8 Å². The van der Waals surface area contributed by atoms with Gasteiger partial charge in [-0.25, -0.2) is 0 Å². The highest BCUT2D eigenvalue weighted by molar-refractivity contribution is 7.05.